The molecule has 14 heteroatoms. The highest BCUT2D eigenvalue weighted by molar-refractivity contribution is 5.69. The van der Waals surface area contributed by atoms with Gasteiger partial charge in [-0.3, -0.25) is 4.79 Å². The van der Waals surface area contributed by atoms with Gasteiger partial charge < -0.3 is 64.2 Å². The van der Waals surface area contributed by atoms with Crippen LogP contribution in [-0.4, -0.2) is 142 Å². The molecule has 2 fully saturated rings. The third-order valence-electron chi connectivity index (χ3n) is 10.9. The molecule has 0 radical (unpaired) electrons. The second-order valence-corrected chi connectivity index (χ2v) is 16.5. The fourth-order valence-electron chi connectivity index (χ4n) is 6.99. The molecule has 14 nitrogen and oxygen atoms in total. The number of ether oxygens (including phenoxy) is 6. The van der Waals surface area contributed by atoms with E-state index < -0.39 is 86.7 Å². The average molecular weight is 921 g/mol. The Kier molecular flexibility index (Phi) is 34.2. The van der Waals surface area contributed by atoms with Crippen molar-refractivity contribution in [2.45, 2.75) is 197 Å². The van der Waals surface area contributed by atoms with E-state index in [1.807, 2.05) is 0 Å². The van der Waals surface area contributed by atoms with Crippen LogP contribution in [0.4, 0.5) is 0 Å². The van der Waals surface area contributed by atoms with Crippen LogP contribution in [0.5, 0.6) is 0 Å². The molecular weight excluding hydrogens is 837 g/mol. The predicted molar refractivity (Wildman–Crippen MR) is 251 cm³/mol. The zero-order valence-electron chi connectivity index (χ0n) is 39.2. The number of esters is 1. The quantitative estimate of drug-likeness (QED) is 0.0203. The van der Waals surface area contributed by atoms with Gasteiger partial charge in [-0.1, -0.05) is 125 Å². The highest BCUT2D eigenvalue weighted by atomic mass is 16.7. The molecule has 2 rings (SSSR count). The van der Waals surface area contributed by atoms with Crippen molar-refractivity contribution < 1.29 is 69.0 Å². The molecule has 11 atom stereocenters. The minimum atomic E-state index is -1.72. The lowest BCUT2D eigenvalue weighted by Crippen LogP contribution is -2.61. The molecule has 0 amide bonds. The lowest BCUT2D eigenvalue weighted by Gasteiger charge is -2.42. The number of carbonyl (C=O) groups excluding carboxylic acids is 1. The molecule has 0 saturated carbocycles. The number of rotatable bonds is 36. The van der Waals surface area contributed by atoms with E-state index in [1.165, 1.54) is 0 Å². The summed E-state index contributed by atoms with van der Waals surface area (Å²) in [5, 5.41) is 72.0. The molecule has 0 aromatic heterocycles. The van der Waals surface area contributed by atoms with E-state index in [2.05, 4.69) is 98.9 Å². The first kappa shape index (κ1) is 58.3. The van der Waals surface area contributed by atoms with Gasteiger partial charge in [-0.2, -0.15) is 0 Å². The summed E-state index contributed by atoms with van der Waals surface area (Å²) in [6.07, 6.45) is 30.8. The molecule has 2 saturated heterocycles. The zero-order chi connectivity index (χ0) is 47.3. The van der Waals surface area contributed by atoms with Gasteiger partial charge >= 0.3 is 5.97 Å². The van der Waals surface area contributed by atoms with Gasteiger partial charge in [-0.05, 0) is 83.5 Å². The van der Waals surface area contributed by atoms with Crippen molar-refractivity contribution >= 4 is 5.97 Å². The number of hydrogen-bond acceptors (Lipinski definition) is 14. The van der Waals surface area contributed by atoms with Gasteiger partial charge in [0.15, 0.2) is 12.6 Å². The summed E-state index contributed by atoms with van der Waals surface area (Å²) in [5.41, 5.74) is 0. The summed E-state index contributed by atoms with van der Waals surface area (Å²) in [4.78, 5) is 13.0. The van der Waals surface area contributed by atoms with E-state index in [0.29, 0.717) is 13.0 Å². The van der Waals surface area contributed by atoms with Gasteiger partial charge in [-0.15, -0.1) is 0 Å². The van der Waals surface area contributed by atoms with Crippen LogP contribution >= 0.6 is 0 Å². The molecule has 7 N–H and O–H groups in total. The standard InChI is InChI=1S/C51H84O14/c1-3-5-7-9-11-13-15-17-19-20-21-22-24-26-28-30-32-34-43(53)63-40(37-60-35-33-31-29-27-25-23-18-16-14-12-10-8-6-4-2)38-61-50-49(59)47(57)45(55)42(65-50)39-62-51-48(58)46(56)44(54)41(36-52)64-51/h5-8,11-14,17-19,21-23,40-42,44-52,54-59H,3-4,9-10,15-16,20,24-39H2,1-2H3/b7-5-,8-6-,13-11-,14-12-,19-17-,22-21-,23-18-. The lowest BCUT2D eigenvalue weighted by atomic mass is 9.98. The maximum absolute atomic E-state index is 13.0. The van der Waals surface area contributed by atoms with E-state index in [1.54, 1.807) is 0 Å². The Morgan fingerprint density at radius 3 is 1.48 bits per heavy atom. The summed E-state index contributed by atoms with van der Waals surface area (Å²) in [6, 6.07) is 0. The molecule has 0 bridgehead atoms. The van der Waals surface area contributed by atoms with Crippen molar-refractivity contribution in [1.82, 2.24) is 0 Å². The third kappa shape index (κ3) is 26.3. The summed E-state index contributed by atoms with van der Waals surface area (Å²) < 4.78 is 34.1. The molecule has 11 unspecified atom stereocenters. The smallest absolute Gasteiger partial charge is 0.306 e. The summed E-state index contributed by atoms with van der Waals surface area (Å²) in [6.45, 7) is 3.33. The summed E-state index contributed by atoms with van der Waals surface area (Å²) in [5.74, 6) is -0.413. The molecule has 2 heterocycles. The minimum Gasteiger partial charge on any atom is -0.457 e. The Morgan fingerprint density at radius 1 is 0.508 bits per heavy atom. The van der Waals surface area contributed by atoms with E-state index in [-0.39, 0.29) is 19.6 Å². The Bertz CT molecular complexity index is 1390. The molecule has 65 heavy (non-hydrogen) atoms. The highest BCUT2D eigenvalue weighted by Crippen LogP contribution is 2.26. The van der Waals surface area contributed by atoms with Crippen LogP contribution in [0.3, 0.4) is 0 Å². The number of aliphatic hydroxyl groups excluding tert-OH is 7. The van der Waals surface area contributed by atoms with Crippen LogP contribution in [0.25, 0.3) is 0 Å². The van der Waals surface area contributed by atoms with E-state index in [0.717, 1.165) is 103 Å². The molecule has 0 aliphatic carbocycles. The van der Waals surface area contributed by atoms with E-state index in [9.17, 15) is 40.5 Å². The van der Waals surface area contributed by atoms with Crippen LogP contribution in [0.2, 0.25) is 0 Å². The van der Waals surface area contributed by atoms with Gasteiger partial charge in [0.25, 0.3) is 0 Å². The third-order valence-corrected chi connectivity index (χ3v) is 10.9. The molecule has 2 aliphatic heterocycles. The first-order valence-corrected chi connectivity index (χ1v) is 24.2. The molecule has 0 aromatic carbocycles. The number of aliphatic hydroxyl groups is 7. The SMILES string of the molecule is CC/C=C\C/C=C\C/C=C\C/C=C\CCCCCCC(=O)OC(COCCCCCC/C=C\C/C=C\C/C=C\CC)COC1OC(COC2OC(CO)C(O)C(O)C2O)C(O)C(O)C1O. The van der Waals surface area contributed by atoms with Gasteiger partial charge in [0, 0.05) is 13.0 Å². The summed E-state index contributed by atoms with van der Waals surface area (Å²) in [7, 11) is 0. The van der Waals surface area contributed by atoms with Gasteiger partial charge in [0.2, 0.25) is 0 Å². The number of unbranched alkanes of at least 4 members (excludes halogenated alkanes) is 8. The molecule has 372 valence electrons. The van der Waals surface area contributed by atoms with Gasteiger partial charge in [0.1, 0.15) is 54.9 Å². The Balaban J connectivity index is 1.82. The van der Waals surface area contributed by atoms with Crippen LogP contribution in [-0.2, 0) is 33.2 Å². The van der Waals surface area contributed by atoms with Crippen molar-refractivity contribution in [2.75, 3.05) is 33.0 Å². The van der Waals surface area contributed by atoms with Crippen LogP contribution in [0.15, 0.2) is 85.1 Å². The lowest BCUT2D eigenvalue weighted by molar-refractivity contribution is -0.332. The maximum Gasteiger partial charge on any atom is 0.306 e. The van der Waals surface area contributed by atoms with Crippen molar-refractivity contribution in [2.24, 2.45) is 0 Å². The number of carbonyl (C=O) groups is 1. The van der Waals surface area contributed by atoms with Gasteiger partial charge in [-0.25, -0.2) is 0 Å². The van der Waals surface area contributed by atoms with Gasteiger partial charge in [0.05, 0.1) is 26.4 Å². The predicted octanol–water partition coefficient (Wildman–Crippen LogP) is 6.51. The van der Waals surface area contributed by atoms with Crippen molar-refractivity contribution in [1.29, 1.82) is 0 Å². The van der Waals surface area contributed by atoms with Crippen LogP contribution < -0.4 is 0 Å². The average Bonchev–Trinajstić information content (AvgIpc) is 3.30. The maximum atomic E-state index is 13.0. The molecule has 2 aliphatic rings. The minimum absolute atomic E-state index is 0.0305. The van der Waals surface area contributed by atoms with E-state index >= 15 is 0 Å². The Labute approximate surface area is 389 Å². The largest absolute Gasteiger partial charge is 0.457 e. The van der Waals surface area contributed by atoms with Crippen LogP contribution in [0.1, 0.15) is 129 Å². The molecule has 0 aromatic rings. The normalized spacial score (nSPS) is 27.3. The Morgan fingerprint density at radius 2 is 0.954 bits per heavy atom. The molecular formula is C51H84O14. The second-order valence-electron chi connectivity index (χ2n) is 16.5. The van der Waals surface area contributed by atoms with Crippen LogP contribution in [0, 0.1) is 0 Å². The molecule has 0 spiro atoms. The zero-order valence-corrected chi connectivity index (χ0v) is 39.2. The van der Waals surface area contributed by atoms with Crippen molar-refractivity contribution in [3.63, 3.8) is 0 Å². The summed E-state index contributed by atoms with van der Waals surface area (Å²) >= 11 is 0. The second kappa shape index (κ2) is 38.2. The fraction of sp³-hybridized carbons (Fsp3) is 0.706. The van der Waals surface area contributed by atoms with Crippen molar-refractivity contribution in [3.8, 4) is 0 Å². The first-order valence-electron chi connectivity index (χ1n) is 24.2. The first-order chi connectivity index (χ1) is 31.6. The highest BCUT2D eigenvalue weighted by Gasteiger charge is 2.47. The van der Waals surface area contributed by atoms with Crippen molar-refractivity contribution in [3.05, 3.63) is 85.1 Å². The fourth-order valence-corrected chi connectivity index (χ4v) is 6.99. The number of hydrogen-bond donors (Lipinski definition) is 7. The monoisotopic (exact) mass is 921 g/mol. The van der Waals surface area contributed by atoms with E-state index in [4.69, 9.17) is 28.4 Å². The Hall–Kier alpha value is -2.83. The topological polar surface area (TPSA) is 214 Å². The number of allylic oxidation sites excluding steroid dienone is 14.